The third-order valence-corrected chi connectivity index (χ3v) is 6.36. The van der Waals surface area contributed by atoms with E-state index < -0.39 is 29.5 Å². The Morgan fingerprint density at radius 2 is 1.18 bits per heavy atom. The molecule has 0 unspecified atom stereocenters. The number of hydrogen-bond acceptors (Lipinski definition) is 7. The van der Waals surface area contributed by atoms with E-state index in [0.29, 0.717) is 26.2 Å². The Morgan fingerprint density at radius 1 is 0.788 bits per heavy atom. The largest absolute Gasteiger partial charge is 0.497 e. The fourth-order valence-electron chi connectivity index (χ4n) is 3.81. The minimum absolute atomic E-state index is 0.0664. The molecule has 9 nitrogen and oxygen atoms in total. The van der Waals surface area contributed by atoms with E-state index in [9.17, 15) is 19.2 Å². The van der Waals surface area contributed by atoms with Crippen LogP contribution in [0.3, 0.4) is 0 Å². The molecule has 0 N–H and O–H groups in total. The lowest BCUT2D eigenvalue weighted by Gasteiger charge is -2.39. The van der Waals surface area contributed by atoms with Crippen molar-refractivity contribution in [2.45, 2.75) is 41.5 Å². The van der Waals surface area contributed by atoms with E-state index in [0.717, 1.165) is 0 Å². The number of thiocarbonyl (C=S) groups is 2. The van der Waals surface area contributed by atoms with Gasteiger partial charge in [-0.2, -0.15) is 0 Å². The van der Waals surface area contributed by atoms with Gasteiger partial charge in [0.05, 0.1) is 6.61 Å². The lowest BCUT2D eigenvalue weighted by molar-refractivity contribution is -0.146. The van der Waals surface area contributed by atoms with Crippen LogP contribution in [0.5, 0.6) is 0 Å². The average Bonchev–Trinajstić information content (AvgIpc) is 2.75. The topological polar surface area (TPSA) is 90.5 Å². The van der Waals surface area contributed by atoms with Gasteiger partial charge in [-0.05, 0) is 77.6 Å². The monoisotopic (exact) mass is 494 g/mol. The minimum atomic E-state index is -1.26. The van der Waals surface area contributed by atoms with Crippen LogP contribution in [0.25, 0.3) is 0 Å². The first-order chi connectivity index (χ1) is 15.6. The minimum Gasteiger partial charge on any atom is -0.497 e. The van der Waals surface area contributed by atoms with Crippen molar-refractivity contribution >= 4 is 58.3 Å². The summed E-state index contributed by atoms with van der Waals surface area (Å²) in [5.74, 6) is -3.22. The maximum absolute atomic E-state index is 13.2. The van der Waals surface area contributed by atoms with Gasteiger partial charge >= 0.3 is 0 Å². The molecule has 0 aromatic rings. The molecule has 0 saturated carbocycles. The number of carbonyl (C=O) groups excluding carboxylic acids is 4. The molecule has 0 aliphatic carbocycles. The highest BCUT2D eigenvalue weighted by atomic mass is 32.1. The van der Waals surface area contributed by atoms with Crippen LogP contribution in [0.1, 0.15) is 41.5 Å². The molecule has 0 aromatic heterocycles. The maximum atomic E-state index is 13.2. The average molecular weight is 495 g/mol. The number of likely N-dealkylation sites (N-methyl/N-ethyl adjacent to an activating group) is 2. The number of carbonyl (C=O) groups is 4. The van der Waals surface area contributed by atoms with Gasteiger partial charge in [-0.3, -0.25) is 38.8 Å². The third-order valence-electron chi connectivity index (χ3n) is 5.48. The SMILES string of the molecule is CCO/C(=C\C(C)=C1C(=O)N(CC)C(=S)N(CC)C1=O)C1C(=O)N(CC)C(=S)N(CC)C1=O. The molecule has 2 heterocycles. The summed E-state index contributed by atoms with van der Waals surface area (Å²) in [4.78, 5) is 57.9. The molecular weight excluding hydrogens is 464 g/mol. The van der Waals surface area contributed by atoms with E-state index in [-0.39, 0.29) is 33.7 Å². The molecule has 0 aromatic carbocycles. The molecule has 0 radical (unpaired) electrons. The quantitative estimate of drug-likeness (QED) is 0.167. The normalized spacial score (nSPS) is 18.7. The van der Waals surface area contributed by atoms with E-state index in [1.54, 1.807) is 41.5 Å². The van der Waals surface area contributed by atoms with Crippen molar-refractivity contribution in [2.75, 3.05) is 32.8 Å². The van der Waals surface area contributed by atoms with E-state index >= 15 is 0 Å². The summed E-state index contributed by atoms with van der Waals surface area (Å²) < 4.78 is 5.72. The molecule has 2 saturated heterocycles. The fourth-order valence-corrected chi connectivity index (χ4v) is 4.68. The van der Waals surface area contributed by atoms with Crippen molar-refractivity contribution in [2.24, 2.45) is 5.92 Å². The summed E-state index contributed by atoms with van der Waals surface area (Å²) in [6.07, 6.45) is 1.43. The van der Waals surface area contributed by atoms with Gasteiger partial charge in [0, 0.05) is 26.2 Å². The fraction of sp³-hybridized carbons (Fsp3) is 0.545. The Hall–Kier alpha value is -2.66. The first kappa shape index (κ1) is 26.6. The summed E-state index contributed by atoms with van der Waals surface area (Å²) >= 11 is 10.6. The number of amides is 4. The molecule has 2 aliphatic heterocycles. The molecule has 0 atom stereocenters. The van der Waals surface area contributed by atoms with Crippen molar-refractivity contribution in [1.82, 2.24) is 19.6 Å². The van der Waals surface area contributed by atoms with Crippen LogP contribution in [-0.2, 0) is 23.9 Å². The summed E-state index contributed by atoms with van der Waals surface area (Å²) in [6, 6.07) is 0. The van der Waals surface area contributed by atoms with Crippen LogP contribution in [-0.4, -0.2) is 86.2 Å². The van der Waals surface area contributed by atoms with Crippen LogP contribution in [0.4, 0.5) is 0 Å². The van der Waals surface area contributed by atoms with Gasteiger partial charge in [0.15, 0.2) is 16.1 Å². The molecule has 0 spiro atoms. The highest BCUT2D eigenvalue weighted by molar-refractivity contribution is 7.80. The molecular formula is C22H30N4O5S2. The number of rotatable bonds is 8. The van der Waals surface area contributed by atoms with Crippen LogP contribution >= 0.6 is 24.4 Å². The van der Waals surface area contributed by atoms with Gasteiger partial charge in [-0.1, -0.05) is 0 Å². The molecule has 2 aliphatic rings. The van der Waals surface area contributed by atoms with Crippen LogP contribution < -0.4 is 0 Å². The maximum Gasteiger partial charge on any atom is 0.265 e. The lowest BCUT2D eigenvalue weighted by Crippen LogP contribution is -2.59. The summed E-state index contributed by atoms with van der Waals surface area (Å²) in [6.45, 7) is 11.7. The second kappa shape index (κ2) is 11.0. The predicted molar refractivity (Wildman–Crippen MR) is 131 cm³/mol. The lowest BCUT2D eigenvalue weighted by atomic mass is 9.97. The molecule has 33 heavy (non-hydrogen) atoms. The van der Waals surface area contributed by atoms with Crippen LogP contribution in [0, 0.1) is 5.92 Å². The number of nitrogens with zero attached hydrogens (tertiary/aromatic N) is 4. The van der Waals surface area contributed by atoms with Crippen molar-refractivity contribution in [3.63, 3.8) is 0 Å². The highest BCUT2D eigenvalue weighted by Crippen LogP contribution is 2.28. The van der Waals surface area contributed by atoms with Crippen molar-refractivity contribution < 1.29 is 23.9 Å². The van der Waals surface area contributed by atoms with Crippen LogP contribution in [0.2, 0.25) is 0 Å². The summed E-state index contributed by atoms with van der Waals surface area (Å²) in [7, 11) is 0. The molecule has 2 fully saturated rings. The smallest absolute Gasteiger partial charge is 0.265 e. The Morgan fingerprint density at radius 3 is 1.55 bits per heavy atom. The summed E-state index contributed by atoms with van der Waals surface area (Å²) in [5.41, 5.74) is 0.211. The zero-order valence-electron chi connectivity index (χ0n) is 19.8. The van der Waals surface area contributed by atoms with E-state index in [2.05, 4.69) is 0 Å². The third kappa shape index (κ3) is 4.70. The van der Waals surface area contributed by atoms with Gasteiger partial charge in [0.1, 0.15) is 11.3 Å². The Balaban J connectivity index is 2.65. The zero-order chi connectivity index (χ0) is 25.0. The molecule has 180 valence electrons. The van der Waals surface area contributed by atoms with Crippen molar-refractivity contribution in [3.8, 4) is 0 Å². The first-order valence-corrected chi connectivity index (χ1v) is 11.8. The zero-order valence-corrected chi connectivity index (χ0v) is 21.5. The number of hydrogen-bond donors (Lipinski definition) is 0. The van der Waals surface area contributed by atoms with Gasteiger partial charge in [0.25, 0.3) is 11.8 Å². The molecule has 2 rings (SSSR count). The number of ether oxygens (including phenoxy) is 1. The van der Waals surface area contributed by atoms with Gasteiger partial charge in [0.2, 0.25) is 11.8 Å². The van der Waals surface area contributed by atoms with Gasteiger partial charge in [-0.15, -0.1) is 0 Å². The first-order valence-electron chi connectivity index (χ1n) is 11.0. The predicted octanol–water partition coefficient (Wildman–Crippen LogP) is 1.83. The molecule has 11 heteroatoms. The van der Waals surface area contributed by atoms with Gasteiger partial charge in [-0.25, -0.2) is 0 Å². The van der Waals surface area contributed by atoms with E-state index in [4.69, 9.17) is 29.2 Å². The molecule has 4 amide bonds. The van der Waals surface area contributed by atoms with Crippen molar-refractivity contribution in [1.29, 1.82) is 0 Å². The highest BCUT2D eigenvalue weighted by Gasteiger charge is 2.46. The Labute approximate surface area is 205 Å². The molecule has 0 bridgehead atoms. The van der Waals surface area contributed by atoms with Crippen LogP contribution in [0.15, 0.2) is 23.0 Å². The van der Waals surface area contributed by atoms with Crippen molar-refractivity contribution in [3.05, 3.63) is 23.0 Å². The Kier molecular flexibility index (Phi) is 8.84. The second-order valence-corrected chi connectivity index (χ2v) is 8.03. The second-order valence-electron chi connectivity index (χ2n) is 7.30. The van der Waals surface area contributed by atoms with E-state index in [1.807, 2.05) is 0 Å². The number of allylic oxidation sites excluding steroid dienone is 2. The standard InChI is InChI=1S/C22H30N4O5S2/c1-7-23-17(27)15(18(28)24(8-2)21(23)32)13(6)12-14(31-11-5)16-19(29)25(9-3)22(33)26(10-4)20(16)30/h12,16H,7-11H2,1-6H3/b14-12-. The van der Waals surface area contributed by atoms with E-state index in [1.165, 1.54) is 25.7 Å². The Bertz CT molecular complexity index is 904. The summed E-state index contributed by atoms with van der Waals surface area (Å²) in [5, 5.41) is 0.310. The van der Waals surface area contributed by atoms with Gasteiger partial charge < -0.3 is 4.74 Å².